The second-order valence-electron chi connectivity index (χ2n) is 4.14. The molecule has 0 aliphatic heterocycles. The lowest BCUT2D eigenvalue weighted by Gasteiger charge is -2.07. The molecule has 2 aromatic heterocycles. The van der Waals surface area contributed by atoms with E-state index in [1.54, 1.807) is 23.0 Å². The Balaban J connectivity index is 2.08. The summed E-state index contributed by atoms with van der Waals surface area (Å²) in [6.07, 6.45) is 4.80. The predicted molar refractivity (Wildman–Crippen MR) is 73.3 cm³/mol. The maximum absolute atomic E-state index is 13.8. The Morgan fingerprint density at radius 2 is 2.10 bits per heavy atom. The van der Waals surface area contributed by atoms with Crippen molar-refractivity contribution in [3.63, 3.8) is 0 Å². The predicted octanol–water partition coefficient (Wildman–Crippen LogP) is 1.45. The van der Waals surface area contributed by atoms with Gasteiger partial charge in [0.25, 0.3) is 0 Å². The van der Waals surface area contributed by atoms with Gasteiger partial charge in [0.1, 0.15) is 6.33 Å². The van der Waals surface area contributed by atoms with Crippen LogP contribution in [0.5, 0.6) is 5.75 Å². The number of nitrogen functional groups attached to an aromatic ring is 1. The molecule has 3 rings (SSSR count). The van der Waals surface area contributed by atoms with Crippen molar-refractivity contribution in [2.24, 2.45) is 0 Å². The van der Waals surface area contributed by atoms with Crippen LogP contribution in [-0.4, -0.2) is 31.6 Å². The average Bonchev–Trinajstić information content (AvgIpc) is 3.01. The summed E-state index contributed by atoms with van der Waals surface area (Å²) in [5.74, 6) is 0.271. The lowest BCUT2D eigenvalue weighted by Crippen LogP contribution is -2.06. The zero-order valence-corrected chi connectivity index (χ0v) is 11.1. The molecule has 106 valence electrons. The molecular formula is C13H11FN6O. The maximum Gasteiger partial charge on any atom is 0.240 e. The van der Waals surface area contributed by atoms with Gasteiger partial charge in [-0.25, -0.2) is 9.37 Å². The lowest BCUT2D eigenvalue weighted by atomic mass is 10.2. The van der Waals surface area contributed by atoms with Crippen LogP contribution in [0, 0.1) is 5.82 Å². The van der Waals surface area contributed by atoms with E-state index >= 15 is 0 Å². The van der Waals surface area contributed by atoms with E-state index in [0.29, 0.717) is 11.5 Å². The number of nitrogens with zero attached hydrogens (tertiary/aromatic N) is 5. The molecule has 0 bridgehead atoms. The molecule has 0 aliphatic rings. The Hall–Kier alpha value is -3.03. The van der Waals surface area contributed by atoms with Crippen LogP contribution >= 0.6 is 0 Å². The number of imidazole rings is 1. The summed E-state index contributed by atoms with van der Waals surface area (Å²) < 4.78 is 20.2. The molecule has 7 nitrogen and oxygen atoms in total. The van der Waals surface area contributed by atoms with E-state index in [4.69, 9.17) is 10.5 Å². The molecule has 0 aliphatic carbocycles. The van der Waals surface area contributed by atoms with Crippen LogP contribution in [0.3, 0.4) is 0 Å². The summed E-state index contributed by atoms with van der Waals surface area (Å²) in [4.78, 5) is 16.2. The van der Waals surface area contributed by atoms with Gasteiger partial charge in [-0.1, -0.05) is 0 Å². The minimum absolute atomic E-state index is 0.0416. The summed E-state index contributed by atoms with van der Waals surface area (Å²) in [5, 5.41) is 0. The number of benzene rings is 1. The minimum Gasteiger partial charge on any atom is -0.494 e. The third-order valence-corrected chi connectivity index (χ3v) is 2.79. The van der Waals surface area contributed by atoms with Crippen LogP contribution in [0.15, 0.2) is 36.9 Å². The van der Waals surface area contributed by atoms with Gasteiger partial charge in [0.05, 0.1) is 7.11 Å². The number of hydrogen-bond donors (Lipinski definition) is 1. The van der Waals surface area contributed by atoms with Gasteiger partial charge < -0.3 is 10.5 Å². The topological polar surface area (TPSA) is 91.7 Å². The van der Waals surface area contributed by atoms with E-state index in [-0.39, 0.29) is 17.5 Å². The molecule has 3 aromatic rings. The van der Waals surface area contributed by atoms with E-state index in [9.17, 15) is 4.39 Å². The standard InChI is InChI=1S/C13H11FN6O/c1-21-10-3-2-8(6-9(10)14)11-17-12(15)19-13(18-11)20-5-4-16-7-20/h2-7H,1H3,(H2,15,17,18,19). The zero-order chi connectivity index (χ0) is 14.8. The highest BCUT2D eigenvalue weighted by atomic mass is 19.1. The van der Waals surface area contributed by atoms with Crippen molar-refractivity contribution in [2.45, 2.75) is 0 Å². The van der Waals surface area contributed by atoms with Gasteiger partial charge in [-0.3, -0.25) is 4.57 Å². The summed E-state index contributed by atoms with van der Waals surface area (Å²) in [5.41, 5.74) is 6.16. The van der Waals surface area contributed by atoms with E-state index in [0.717, 1.165) is 0 Å². The molecule has 0 amide bonds. The van der Waals surface area contributed by atoms with Crippen molar-refractivity contribution in [1.29, 1.82) is 0 Å². The first-order chi connectivity index (χ1) is 10.2. The smallest absolute Gasteiger partial charge is 0.240 e. The highest BCUT2D eigenvalue weighted by Gasteiger charge is 2.11. The number of nitrogens with two attached hydrogens (primary N) is 1. The highest BCUT2D eigenvalue weighted by molar-refractivity contribution is 5.58. The largest absolute Gasteiger partial charge is 0.494 e. The molecule has 0 fully saturated rings. The first-order valence-electron chi connectivity index (χ1n) is 6.01. The van der Waals surface area contributed by atoms with Crippen LogP contribution in [-0.2, 0) is 0 Å². The molecule has 8 heteroatoms. The second-order valence-corrected chi connectivity index (χ2v) is 4.14. The van der Waals surface area contributed by atoms with Gasteiger partial charge in [0.15, 0.2) is 17.4 Å². The van der Waals surface area contributed by atoms with Crippen molar-refractivity contribution >= 4 is 5.95 Å². The van der Waals surface area contributed by atoms with Crippen LogP contribution in [0.4, 0.5) is 10.3 Å². The van der Waals surface area contributed by atoms with Crippen LogP contribution in [0.25, 0.3) is 17.3 Å². The fourth-order valence-corrected chi connectivity index (χ4v) is 1.81. The highest BCUT2D eigenvalue weighted by Crippen LogP contribution is 2.23. The monoisotopic (exact) mass is 286 g/mol. The molecular weight excluding hydrogens is 275 g/mol. The molecule has 0 atom stereocenters. The van der Waals surface area contributed by atoms with Crippen molar-refractivity contribution < 1.29 is 9.13 Å². The fourth-order valence-electron chi connectivity index (χ4n) is 1.81. The second kappa shape index (κ2) is 5.16. The summed E-state index contributed by atoms with van der Waals surface area (Å²) in [6, 6.07) is 4.43. The van der Waals surface area contributed by atoms with Crippen LogP contribution in [0.2, 0.25) is 0 Å². The maximum atomic E-state index is 13.8. The van der Waals surface area contributed by atoms with Gasteiger partial charge in [0.2, 0.25) is 11.9 Å². The number of rotatable bonds is 3. The van der Waals surface area contributed by atoms with Crippen molar-refractivity contribution in [2.75, 3.05) is 12.8 Å². The molecule has 0 saturated heterocycles. The van der Waals surface area contributed by atoms with Crippen LogP contribution in [0.1, 0.15) is 0 Å². The summed E-state index contributed by atoms with van der Waals surface area (Å²) in [6.45, 7) is 0. The van der Waals surface area contributed by atoms with E-state index < -0.39 is 5.82 Å². The Morgan fingerprint density at radius 3 is 2.76 bits per heavy atom. The third-order valence-electron chi connectivity index (χ3n) is 2.79. The molecule has 0 unspecified atom stereocenters. The number of halogens is 1. The average molecular weight is 286 g/mol. The van der Waals surface area contributed by atoms with E-state index in [1.807, 2.05) is 0 Å². The first-order valence-corrected chi connectivity index (χ1v) is 6.01. The number of methoxy groups -OCH3 is 1. The minimum atomic E-state index is -0.502. The molecule has 0 spiro atoms. The van der Waals surface area contributed by atoms with Crippen LogP contribution < -0.4 is 10.5 Å². The van der Waals surface area contributed by atoms with Gasteiger partial charge in [0, 0.05) is 18.0 Å². The Morgan fingerprint density at radius 1 is 1.24 bits per heavy atom. The van der Waals surface area contributed by atoms with E-state index in [2.05, 4.69) is 19.9 Å². The fraction of sp³-hybridized carbons (Fsp3) is 0.0769. The number of aromatic nitrogens is 5. The van der Waals surface area contributed by atoms with Gasteiger partial charge >= 0.3 is 0 Å². The Kier molecular flexibility index (Phi) is 3.19. The number of ether oxygens (including phenoxy) is 1. The molecule has 21 heavy (non-hydrogen) atoms. The normalized spacial score (nSPS) is 10.6. The summed E-state index contributed by atoms with van der Waals surface area (Å²) in [7, 11) is 1.40. The lowest BCUT2D eigenvalue weighted by molar-refractivity contribution is 0.386. The Bertz CT molecular complexity index is 774. The molecule has 0 radical (unpaired) electrons. The molecule has 1 aromatic carbocycles. The summed E-state index contributed by atoms with van der Waals surface area (Å²) >= 11 is 0. The SMILES string of the molecule is COc1ccc(-c2nc(N)nc(-n3ccnc3)n2)cc1F. The van der Waals surface area contributed by atoms with Crippen molar-refractivity contribution in [3.8, 4) is 23.1 Å². The van der Waals surface area contributed by atoms with Gasteiger partial charge in [-0.2, -0.15) is 15.0 Å². The van der Waals surface area contributed by atoms with Gasteiger partial charge in [-0.05, 0) is 18.2 Å². The quantitative estimate of drug-likeness (QED) is 0.783. The molecule has 2 N–H and O–H groups in total. The number of anilines is 1. The van der Waals surface area contributed by atoms with E-state index in [1.165, 1.54) is 25.6 Å². The Labute approximate surface area is 119 Å². The zero-order valence-electron chi connectivity index (χ0n) is 11.1. The van der Waals surface area contributed by atoms with Crippen molar-refractivity contribution in [1.82, 2.24) is 24.5 Å². The van der Waals surface area contributed by atoms with Crippen molar-refractivity contribution in [3.05, 3.63) is 42.7 Å². The third kappa shape index (κ3) is 2.50. The molecule has 2 heterocycles. The first kappa shape index (κ1) is 13.0. The van der Waals surface area contributed by atoms with Gasteiger partial charge in [-0.15, -0.1) is 0 Å². The molecule has 0 saturated carbocycles. The number of hydrogen-bond acceptors (Lipinski definition) is 6.